The maximum absolute atomic E-state index is 9.42. The molecule has 1 heterocycles. The Labute approximate surface area is 171 Å². The molecule has 0 aliphatic rings. The zero-order valence-corrected chi connectivity index (χ0v) is 17.6. The molecular weight excluding hydrogens is 352 g/mol. The van der Waals surface area contributed by atoms with Crippen molar-refractivity contribution in [3.63, 3.8) is 0 Å². The highest BCUT2D eigenvalue weighted by Gasteiger charge is 2.11. The first-order valence-corrected chi connectivity index (χ1v) is 11.0. The topological polar surface area (TPSA) is 75.4 Å². The highest BCUT2D eigenvalue weighted by molar-refractivity contribution is 5.31. The van der Waals surface area contributed by atoms with Crippen LogP contribution in [0.5, 0.6) is 5.88 Å². The fourth-order valence-electron chi connectivity index (χ4n) is 3.10. The van der Waals surface area contributed by atoms with Gasteiger partial charge < -0.3 is 14.6 Å². The standard InChI is InChI=1S/C23H38N2O3/c1-2-3-4-5-6-7-8-9-10-11-12-13-16-27-20-22(19-26)28-23-17-21(18-24)14-15-25-23/h14-15,17,22,26H,2-13,16,19-20H2,1H3. The molecule has 0 fully saturated rings. The molecule has 1 aromatic heterocycles. The summed E-state index contributed by atoms with van der Waals surface area (Å²) in [5, 5.41) is 18.3. The number of nitriles is 1. The van der Waals surface area contributed by atoms with Crippen LogP contribution in [-0.2, 0) is 4.74 Å². The Bertz CT molecular complexity index is 531. The van der Waals surface area contributed by atoms with Crippen molar-refractivity contribution in [2.75, 3.05) is 19.8 Å². The van der Waals surface area contributed by atoms with Crippen LogP contribution in [0.2, 0.25) is 0 Å². The van der Waals surface area contributed by atoms with Gasteiger partial charge in [0.25, 0.3) is 0 Å². The second-order valence-corrected chi connectivity index (χ2v) is 7.38. The van der Waals surface area contributed by atoms with Crippen LogP contribution in [0.1, 0.15) is 89.5 Å². The highest BCUT2D eigenvalue weighted by atomic mass is 16.5. The fourth-order valence-corrected chi connectivity index (χ4v) is 3.10. The van der Waals surface area contributed by atoms with E-state index in [0.717, 1.165) is 6.42 Å². The van der Waals surface area contributed by atoms with E-state index in [1.165, 1.54) is 76.8 Å². The van der Waals surface area contributed by atoms with Crippen molar-refractivity contribution in [2.45, 2.75) is 90.1 Å². The van der Waals surface area contributed by atoms with Crippen LogP contribution in [0, 0.1) is 11.3 Å². The number of aliphatic hydroxyl groups is 1. The number of aromatic nitrogens is 1. The molecule has 0 spiro atoms. The minimum Gasteiger partial charge on any atom is -0.469 e. The zero-order chi connectivity index (χ0) is 20.3. The van der Waals surface area contributed by atoms with Crippen LogP contribution in [0.4, 0.5) is 0 Å². The number of pyridine rings is 1. The Balaban J connectivity index is 1.95. The van der Waals surface area contributed by atoms with Gasteiger partial charge in [0, 0.05) is 18.9 Å². The van der Waals surface area contributed by atoms with Crippen molar-refractivity contribution >= 4 is 0 Å². The summed E-state index contributed by atoms with van der Waals surface area (Å²) in [6.45, 7) is 3.13. The summed E-state index contributed by atoms with van der Waals surface area (Å²) >= 11 is 0. The van der Waals surface area contributed by atoms with E-state index in [0.29, 0.717) is 24.7 Å². The smallest absolute Gasteiger partial charge is 0.214 e. The third kappa shape index (κ3) is 12.7. The van der Waals surface area contributed by atoms with E-state index in [1.54, 1.807) is 12.1 Å². The summed E-state index contributed by atoms with van der Waals surface area (Å²) in [5.41, 5.74) is 0.485. The number of hydrogen-bond acceptors (Lipinski definition) is 5. The SMILES string of the molecule is CCCCCCCCCCCCCCOCC(CO)Oc1cc(C#N)ccn1. The molecule has 0 aliphatic heterocycles. The predicted octanol–water partition coefficient (Wildman–Crippen LogP) is 5.41. The van der Waals surface area contributed by atoms with Crippen LogP contribution in [0.25, 0.3) is 0 Å². The second kappa shape index (κ2) is 17.5. The third-order valence-corrected chi connectivity index (χ3v) is 4.80. The number of hydrogen-bond donors (Lipinski definition) is 1. The Kier molecular flexibility index (Phi) is 15.2. The van der Waals surface area contributed by atoms with E-state index in [9.17, 15) is 5.11 Å². The second-order valence-electron chi connectivity index (χ2n) is 7.38. The first-order chi connectivity index (χ1) is 13.8. The predicted molar refractivity (Wildman–Crippen MR) is 112 cm³/mol. The summed E-state index contributed by atoms with van der Waals surface area (Å²) in [4.78, 5) is 4.05. The molecule has 1 aromatic rings. The quantitative estimate of drug-likeness (QED) is 0.339. The fraction of sp³-hybridized carbons (Fsp3) is 0.739. The molecule has 0 saturated heterocycles. The van der Waals surface area contributed by atoms with Crippen LogP contribution >= 0.6 is 0 Å². The van der Waals surface area contributed by atoms with E-state index in [1.807, 2.05) is 6.07 Å². The first-order valence-electron chi connectivity index (χ1n) is 11.0. The van der Waals surface area contributed by atoms with Crippen molar-refractivity contribution in [3.05, 3.63) is 23.9 Å². The van der Waals surface area contributed by atoms with Gasteiger partial charge in [-0.1, -0.05) is 77.6 Å². The van der Waals surface area contributed by atoms with E-state index < -0.39 is 6.10 Å². The van der Waals surface area contributed by atoms with Crippen LogP contribution in [0.3, 0.4) is 0 Å². The molecule has 1 unspecified atom stereocenters. The van der Waals surface area contributed by atoms with Crippen LogP contribution in [-0.4, -0.2) is 36.0 Å². The average molecular weight is 391 g/mol. The normalized spacial score (nSPS) is 11.9. The van der Waals surface area contributed by atoms with E-state index in [-0.39, 0.29) is 6.61 Å². The molecular formula is C23H38N2O3. The van der Waals surface area contributed by atoms with Gasteiger partial charge >= 0.3 is 0 Å². The van der Waals surface area contributed by atoms with Gasteiger partial charge in [-0.25, -0.2) is 4.98 Å². The van der Waals surface area contributed by atoms with Crippen molar-refractivity contribution < 1.29 is 14.6 Å². The third-order valence-electron chi connectivity index (χ3n) is 4.80. The summed E-state index contributed by atoms with van der Waals surface area (Å²) in [6, 6.07) is 5.22. The van der Waals surface area contributed by atoms with Crippen molar-refractivity contribution in [3.8, 4) is 11.9 Å². The Morgan fingerprint density at radius 3 is 2.18 bits per heavy atom. The Hall–Kier alpha value is -1.64. The number of ether oxygens (including phenoxy) is 2. The molecule has 5 nitrogen and oxygen atoms in total. The number of rotatable bonds is 18. The van der Waals surface area contributed by atoms with Gasteiger partial charge in [0.15, 0.2) is 0 Å². The first kappa shape index (κ1) is 24.4. The molecule has 0 radical (unpaired) electrons. The Morgan fingerprint density at radius 1 is 1.00 bits per heavy atom. The Morgan fingerprint density at radius 2 is 1.61 bits per heavy atom. The average Bonchev–Trinajstić information content (AvgIpc) is 2.73. The molecule has 0 aromatic carbocycles. The monoisotopic (exact) mass is 390 g/mol. The maximum Gasteiger partial charge on any atom is 0.214 e. The number of aliphatic hydroxyl groups excluding tert-OH is 1. The van der Waals surface area contributed by atoms with Gasteiger partial charge in [0.1, 0.15) is 6.10 Å². The summed E-state index contributed by atoms with van der Waals surface area (Å²) in [5.74, 6) is 0.340. The molecule has 0 amide bonds. The van der Waals surface area contributed by atoms with E-state index in [4.69, 9.17) is 14.7 Å². The van der Waals surface area contributed by atoms with Gasteiger partial charge in [-0.2, -0.15) is 5.26 Å². The molecule has 1 rings (SSSR count). The van der Waals surface area contributed by atoms with Crippen molar-refractivity contribution in [1.29, 1.82) is 5.26 Å². The summed E-state index contributed by atoms with van der Waals surface area (Å²) in [6.07, 6.45) is 16.9. The van der Waals surface area contributed by atoms with E-state index in [2.05, 4.69) is 11.9 Å². The lowest BCUT2D eigenvalue weighted by Gasteiger charge is -2.16. The molecule has 1 atom stereocenters. The maximum atomic E-state index is 9.42. The molecule has 0 saturated carbocycles. The van der Waals surface area contributed by atoms with Gasteiger partial charge in [0.05, 0.1) is 24.8 Å². The highest BCUT2D eigenvalue weighted by Crippen LogP contribution is 2.13. The van der Waals surface area contributed by atoms with E-state index >= 15 is 0 Å². The summed E-state index contributed by atoms with van der Waals surface area (Å²) < 4.78 is 11.2. The van der Waals surface area contributed by atoms with Gasteiger partial charge in [0.2, 0.25) is 5.88 Å². The molecule has 5 heteroatoms. The van der Waals surface area contributed by atoms with Crippen molar-refractivity contribution in [2.24, 2.45) is 0 Å². The summed E-state index contributed by atoms with van der Waals surface area (Å²) in [7, 11) is 0. The largest absolute Gasteiger partial charge is 0.469 e. The van der Waals surface area contributed by atoms with Gasteiger partial charge in [-0.15, -0.1) is 0 Å². The molecule has 0 bridgehead atoms. The number of nitrogens with zero attached hydrogens (tertiary/aromatic N) is 2. The molecule has 1 N–H and O–H groups in total. The van der Waals surface area contributed by atoms with Gasteiger partial charge in [-0.05, 0) is 12.5 Å². The lowest BCUT2D eigenvalue weighted by atomic mass is 10.1. The number of unbranched alkanes of at least 4 members (excludes halogenated alkanes) is 11. The van der Waals surface area contributed by atoms with Crippen molar-refractivity contribution in [1.82, 2.24) is 4.98 Å². The zero-order valence-electron chi connectivity index (χ0n) is 17.6. The minimum atomic E-state index is -0.459. The lowest BCUT2D eigenvalue weighted by Crippen LogP contribution is -2.27. The minimum absolute atomic E-state index is 0.142. The van der Waals surface area contributed by atoms with Crippen LogP contribution in [0.15, 0.2) is 18.3 Å². The van der Waals surface area contributed by atoms with Gasteiger partial charge in [-0.3, -0.25) is 0 Å². The lowest BCUT2D eigenvalue weighted by molar-refractivity contribution is 0.0167. The molecule has 158 valence electrons. The molecule has 28 heavy (non-hydrogen) atoms. The van der Waals surface area contributed by atoms with Crippen LogP contribution < -0.4 is 4.74 Å². The molecule has 0 aliphatic carbocycles.